The number of benzene rings is 1. The Hall–Kier alpha value is -1.42. The van der Waals surface area contributed by atoms with E-state index in [9.17, 15) is 14.4 Å². The molecule has 0 bridgehead atoms. The highest BCUT2D eigenvalue weighted by Gasteiger charge is 2.12. The fourth-order valence-corrected chi connectivity index (χ4v) is 2.15. The van der Waals surface area contributed by atoms with Gasteiger partial charge in [-0.3, -0.25) is 14.3 Å². The van der Waals surface area contributed by atoms with Crippen molar-refractivity contribution >= 4 is 44.5 Å². The Morgan fingerprint density at radius 3 is 2.63 bits per heavy atom. The van der Waals surface area contributed by atoms with Gasteiger partial charge in [0.25, 0.3) is 5.56 Å². The lowest BCUT2D eigenvalue weighted by atomic mass is 10.3. The van der Waals surface area contributed by atoms with Crippen LogP contribution >= 0.6 is 38.5 Å². The number of rotatable bonds is 2. The van der Waals surface area contributed by atoms with Gasteiger partial charge in [0.05, 0.1) is 5.69 Å². The van der Waals surface area contributed by atoms with Crippen molar-refractivity contribution in [1.82, 2.24) is 9.55 Å². The van der Waals surface area contributed by atoms with E-state index in [-0.39, 0.29) is 0 Å². The summed E-state index contributed by atoms with van der Waals surface area (Å²) >= 11 is 5.42. The minimum absolute atomic E-state index is 0.455. The summed E-state index contributed by atoms with van der Waals surface area (Å²) in [5.41, 5.74) is -1.65. The lowest BCUT2D eigenvalue weighted by Crippen LogP contribution is -2.32. The van der Waals surface area contributed by atoms with Gasteiger partial charge in [-0.2, -0.15) is 0 Å². The first-order chi connectivity index (χ1) is 8.90. The van der Waals surface area contributed by atoms with Crippen LogP contribution in [0.25, 0.3) is 5.69 Å². The molecule has 0 saturated carbocycles. The first-order valence-corrected chi connectivity index (χ1v) is 6.82. The molecule has 1 aromatic heterocycles. The maximum Gasteiger partial charge on any atom is 0.342 e. The van der Waals surface area contributed by atoms with E-state index in [1.165, 1.54) is 0 Å². The Bertz CT molecular complexity index is 781. The zero-order chi connectivity index (χ0) is 14.2. The number of aromatic carboxylic acids is 1. The average Bonchev–Trinajstić information content (AvgIpc) is 2.32. The third-order valence-electron chi connectivity index (χ3n) is 2.35. The Morgan fingerprint density at radius 2 is 2.05 bits per heavy atom. The van der Waals surface area contributed by atoms with Crippen LogP contribution in [0.1, 0.15) is 10.4 Å². The molecule has 1 aromatic carbocycles. The first kappa shape index (κ1) is 14.0. The molecule has 2 N–H and O–H groups in total. The molecule has 0 aliphatic carbocycles. The van der Waals surface area contributed by atoms with Crippen LogP contribution in [-0.2, 0) is 0 Å². The zero-order valence-corrected chi connectivity index (χ0v) is 12.9. The monoisotopic (exact) mass is 436 g/mol. The topological polar surface area (TPSA) is 92.2 Å². The summed E-state index contributed by atoms with van der Waals surface area (Å²) in [4.78, 5) is 35.9. The summed E-state index contributed by atoms with van der Waals surface area (Å²) in [7, 11) is 0. The lowest BCUT2D eigenvalue weighted by Gasteiger charge is -2.07. The van der Waals surface area contributed by atoms with E-state index in [1.54, 1.807) is 18.2 Å². The summed E-state index contributed by atoms with van der Waals surface area (Å²) in [6.07, 6.45) is 1.01. The van der Waals surface area contributed by atoms with Crippen LogP contribution in [0, 0.1) is 3.57 Å². The van der Waals surface area contributed by atoms with E-state index >= 15 is 0 Å². The van der Waals surface area contributed by atoms with E-state index in [0.717, 1.165) is 18.8 Å². The van der Waals surface area contributed by atoms with Crippen molar-refractivity contribution in [3.8, 4) is 5.69 Å². The highest BCUT2D eigenvalue weighted by atomic mass is 127. The summed E-state index contributed by atoms with van der Waals surface area (Å²) in [6.45, 7) is 0. The van der Waals surface area contributed by atoms with Gasteiger partial charge in [-0.15, -0.1) is 0 Å². The molecule has 2 aromatic rings. The number of H-pyrrole nitrogens is 1. The largest absolute Gasteiger partial charge is 0.477 e. The molecule has 0 spiro atoms. The Balaban J connectivity index is 2.71. The number of nitrogens with one attached hydrogen (secondary N) is 1. The fourth-order valence-electron chi connectivity index (χ4n) is 1.45. The molecular weight excluding hydrogens is 431 g/mol. The second-order valence-electron chi connectivity index (χ2n) is 3.58. The van der Waals surface area contributed by atoms with Gasteiger partial charge < -0.3 is 5.11 Å². The van der Waals surface area contributed by atoms with Gasteiger partial charge in [0, 0.05) is 14.2 Å². The number of halogens is 2. The highest BCUT2D eigenvalue weighted by Crippen LogP contribution is 2.21. The minimum atomic E-state index is -1.39. The number of carbonyl (C=O) groups is 1. The summed E-state index contributed by atoms with van der Waals surface area (Å²) in [5, 5.41) is 8.88. The molecule has 19 heavy (non-hydrogen) atoms. The highest BCUT2D eigenvalue weighted by molar-refractivity contribution is 14.1. The zero-order valence-electron chi connectivity index (χ0n) is 9.18. The second kappa shape index (κ2) is 5.29. The molecule has 0 saturated heterocycles. The maximum absolute atomic E-state index is 11.7. The van der Waals surface area contributed by atoms with Crippen molar-refractivity contribution < 1.29 is 9.90 Å². The molecule has 0 aliphatic heterocycles. The number of carboxylic acid groups (broad SMARTS) is 1. The second-order valence-corrected chi connectivity index (χ2v) is 5.59. The van der Waals surface area contributed by atoms with Crippen LogP contribution in [0.5, 0.6) is 0 Å². The minimum Gasteiger partial charge on any atom is -0.477 e. The van der Waals surface area contributed by atoms with Gasteiger partial charge in [0.1, 0.15) is 5.56 Å². The molecule has 2 rings (SSSR count). The molecule has 0 radical (unpaired) electrons. The van der Waals surface area contributed by atoms with Gasteiger partial charge >= 0.3 is 11.7 Å². The Kier molecular flexibility index (Phi) is 3.90. The first-order valence-electron chi connectivity index (χ1n) is 4.95. The van der Waals surface area contributed by atoms with Gasteiger partial charge in [-0.25, -0.2) is 9.59 Å². The predicted molar refractivity (Wildman–Crippen MR) is 80.0 cm³/mol. The summed E-state index contributed by atoms with van der Waals surface area (Å²) in [5.74, 6) is -1.39. The quantitative estimate of drug-likeness (QED) is 0.699. The lowest BCUT2D eigenvalue weighted by molar-refractivity contribution is 0.0694. The van der Waals surface area contributed by atoms with E-state index in [4.69, 9.17) is 5.11 Å². The van der Waals surface area contributed by atoms with Crippen molar-refractivity contribution in [3.05, 3.63) is 58.8 Å². The Labute approximate surface area is 128 Å². The van der Waals surface area contributed by atoms with Crippen LogP contribution in [0.3, 0.4) is 0 Å². The van der Waals surface area contributed by atoms with E-state index in [2.05, 4.69) is 38.5 Å². The fraction of sp³-hybridized carbons (Fsp3) is 0. The van der Waals surface area contributed by atoms with Gasteiger partial charge in [0.15, 0.2) is 0 Å². The molecule has 0 amide bonds. The molecule has 0 aliphatic rings. The average molecular weight is 437 g/mol. The SMILES string of the molecule is O=C(O)c1cn(-c2ccc(I)c(Br)c2)c(=O)[nH]c1=O. The van der Waals surface area contributed by atoms with E-state index in [1.807, 2.05) is 4.98 Å². The molecule has 8 heteroatoms. The van der Waals surface area contributed by atoms with Gasteiger partial charge in [-0.05, 0) is 56.7 Å². The molecule has 0 unspecified atom stereocenters. The Morgan fingerprint density at radius 1 is 1.37 bits per heavy atom. The van der Waals surface area contributed by atoms with Crippen LogP contribution in [0.4, 0.5) is 0 Å². The summed E-state index contributed by atoms with van der Waals surface area (Å²) < 4.78 is 2.78. The number of carboxylic acids is 1. The molecule has 1 heterocycles. The molecule has 0 fully saturated rings. The normalized spacial score (nSPS) is 10.4. The van der Waals surface area contributed by atoms with E-state index < -0.39 is 22.8 Å². The molecular formula is C11H6BrIN2O4. The van der Waals surface area contributed by atoms with Crippen molar-refractivity contribution in [2.75, 3.05) is 0 Å². The van der Waals surface area contributed by atoms with Crippen LogP contribution < -0.4 is 11.2 Å². The van der Waals surface area contributed by atoms with Crippen molar-refractivity contribution in [3.63, 3.8) is 0 Å². The van der Waals surface area contributed by atoms with Gasteiger partial charge in [0.2, 0.25) is 0 Å². The maximum atomic E-state index is 11.7. The van der Waals surface area contributed by atoms with Crippen molar-refractivity contribution in [2.45, 2.75) is 0 Å². The van der Waals surface area contributed by atoms with Crippen molar-refractivity contribution in [1.29, 1.82) is 0 Å². The van der Waals surface area contributed by atoms with E-state index in [0.29, 0.717) is 5.69 Å². The van der Waals surface area contributed by atoms with Crippen LogP contribution in [0.2, 0.25) is 0 Å². The summed E-state index contributed by atoms with van der Waals surface area (Å²) in [6, 6.07) is 5.07. The number of hydrogen-bond donors (Lipinski definition) is 2. The predicted octanol–water partition coefficient (Wildman–Crippen LogP) is 1.59. The van der Waals surface area contributed by atoms with Crippen LogP contribution in [0.15, 0.2) is 38.5 Å². The standard InChI is InChI=1S/C11H6BrIN2O4/c12-7-3-5(1-2-8(7)13)15-4-6(10(17)18)9(16)14-11(15)19/h1-4H,(H,17,18)(H,14,16,19). The number of hydrogen-bond acceptors (Lipinski definition) is 3. The van der Waals surface area contributed by atoms with Gasteiger partial charge in [-0.1, -0.05) is 0 Å². The molecule has 98 valence electrons. The molecule has 0 atom stereocenters. The molecule has 6 nitrogen and oxygen atoms in total. The third kappa shape index (κ3) is 2.78. The van der Waals surface area contributed by atoms with Crippen LogP contribution in [-0.4, -0.2) is 20.6 Å². The smallest absolute Gasteiger partial charge is 0.342 e. The number of aromatic amines is 1. The number of nitrogens with zero attached hydrogens (tertiary/aromatic N) is 1. The third-order valence-corrected chi connectivity index (χ3v) is 4.69. The number of aromatic nitrogens is 2. The van der Waals surface area contributed by atoms with Crippen molar-refractivity contribution in [2.24, 2.45) is 0 Å².